The molecule has 0 amide bonds. The largest absolute Gasteiger partial charge is 0.465 e. The van der Waals surface area contributed by atoms with Crippen LogP contribution < -0.4 is 5.32 Å². The third-order valence-corrected chi connectivity index (χ3v) is 4.33. The van der Waals surface area contributed by atoms with Crippen molar-refractivity contribution in [3.8, 4) is 0 Å². The number of hydrogen-bond donors (Lipinski definition) is 2. The van der Waals surface area contributed by atoms with Crippen molar-refractivity contribution >= 4 is 5.97 Å². The Morgan fingerprint density at radius 3 is 2.65 bits per heavy atom. The summed E-state index contributed by atoms with van der Waals surface area (Å²) in [7, 11) is 0. The van der Waals surface area contributed by atoms with E-state index in [1.807, 2.05) is 0 Å². The lowest BCUT2D eigenvalue weighted by Gasteiger charge is -2.36. The molecule has 1 aliphatic carbocycles. The number of benzene rings is 1. The molecule has 0 spiro atoms. The Morgan fingerprint density at radius 1 is 1.35 bits per heavy atom. The third kappa shape index (κ3) is 4.26. The van der Waals surface area contributed by atoms with E-state index in [-0.39, 0.29) is 24.7 Å². The van der Waals surface area contributed by atoms with Crippen molar-refractivity contribution in [1.82, 2.24) is 5.32 Å². The second-order valence-electron chi connectivity index (χ2n) is 5.93. The van der Waals surface area contributed by atoms with Crippen molar-refractivity contribution < 1.29 is 23.4 Å². The van der Waals surface area contributed by atoms with Crippen LogP contribution in [0.2, 0.25) is 0 Å². The molecular weight excluding hydrogens is 304 g/mol. The lowest BCUT2D eigenvalue weighted by Crippen LogP contribution is -2.55. The Hall–Kier alpha value is -1.53. The molecule has 0 heterocycles. The minimum absolute atomic E-state index is 0.00136. The maximum absolute atomic E-state index is 13.7. The maximum atomic E-state index is 13.7. The SMILES string of the molecule is CCOC(=O)C1(NCC(O)c2ccc(F)cc2F)CCCCC1. The Bertz CT molecular complexity index is 545. The van der Waals surface area contributed by atoms with Gasteiger partial charge in [-0.25, -0.2) is 8.78 Å². The summed E-state index contributed by atoms with van der Waals surface area (Å²) in [5, 5.41) is 13.2. The van der Waals surface area contributed by atoms with E-state index < -0.39 is 23.3 Å². The molecule has 1 atom stereocenters. The van der Waals surface area contributed by atoms with Crippen LogP contribution in [0.1, 0.15) is 50.7 Å². The monoisotopic (exact) mass is 327 g/mol. The minimum Gasteiger partial charge on any atom is -0.465 e. The summed E-state index contributed by atoms with van der Waals surface area (Å²) in [4.78, 5) is 12.3. The van der Waals surface area contributed by atoms with Crippen molar-refractivity contribution in [3.63, 3.8) is 0 Å². The van der Waals surface area contributed by atoms with Gasteiger partial charge >= 0.3 is 5.97 Å². The topological polar surface area (TPSA) is 58.6 Å². The van der Waals surface area contributed by atoms with Gasteiger partial charge in [-0.3, -0.25) is 10.1 Å². The van der Waals surface area contributed by atoms with Gasteiger partial charge in [0.2, 0.25) is 0 Å². The molecule has 1 aromatic carbocycles. The van der Waals surface area contributed by atoms with Gasteiger partial charge < -0.3 is 9.84 Å². The fourth-order valence-corrected chi connectivity index (χ4v) is 3.05. The van der Waals surface area contributed by atoms with E-state index in [1.54, 1.807) is 6.92 Å². The fourth-order valence-electron chi connectivity index (χ4n) is 3.05. The van der Waals surface area contributed by atoms with E-state index in [1.165, 1.54) is 6.07 Å². The molecule has 23 heavy (non-hydrogen) atoms. The molecule has 2 rings (SSSR count). The maximum Gasteiger partial charge on any atom is 0.326 e. The number of esters is 1. The number of halogens is 2. The molecule has 1 fully saturated rings. The highest BCUT2D eigenvalue weighted by Crippen LogP contribution is 2.30. The Balaban J connectivity index is 2.06. The zero-order valence-corrected chi connectivity index (χ0v) is 13.3. The number of carbonyl (C=O) groups excluding carboxylic acids is 1. The van der Waals surface area contributed by atoms with Gasteiger partial charge in [0, 0.05) is 18.2 Å². The van der Waals surface area contributed by atoms with E-state index in [0.717, 1.165) is 31.4 Å². The van der Waals surface area contributed by atoms with Gasteiger partial charge in [-0.15, -0.1) is 0 Å². The van der Waals surface area contributed by atoms with Gasteiger partial charge in [-0.05, 0) is 25.8 Å². The molecule has 1 aliphatic rings. The van der Waals surface area contributed by atoms with Gasteiger partial charge in [0.15, 0.2) is 0 Å². The van der Waals surface area contributed by atoms with Gasteiger partial charge in [0.05, 0.1) is 12.7 Å². The summed E-state index contributed by atoms with van der Waals surface area (Å²) >= 11 is 0. The molecule has 0 bridgehead atoms. The zero-order chi connectivity index (χ0) is 16.9. The molecule has 0 radical (unpaired) electrons. The van der Waals surface area contributed by atoms with Crippen molar-refractivity contribution in [3.05, 3.63) is 35.4 Å². The Labute approximate surface area is 134 Å². The molecule has 1 unspecified atom stereocenters. The van der Waals surface area contributed by atoms with Crippen LogP contribution in [0.25, 0.3) is 0 Å². The van der Waals surface area contributed by atoms with E-state index in [9.17, 15) is 18.7 Å². The van der Waals surface area contributed by atoms with Gasteiger partial charge in [0.25, 0.3) is 0 Å². The van der Waals surface area contributed by atoms with E-state index >= 15 is 0 Å². The van der Waals surface area contributed by atoms with Crippen LogP contribution in [0.4, 0.5) is 8.78 Å². The summed E-state index contributed by atoms with van der Waals surface area (Å²) in [5.74, 6) is -1.82. The van der Waals surface area contributed by atoms with Crippen LogP contribution in [0, 0.1) is 11.6 Å². The smallest absolute Gasteiger partial charge is 0.326 e. The van der Waals surface area contributed by atoms with Crippen LogP contribution >= 0.6 is 0 Å². The number of aliphatic hydroxyl groups excluding tert-OH is 1. The van der Waals surface area contributed by atoms with Crippen LogP contribution in [0.15, 0.2) is 18.2 Å². The van der Waals surface area contributed by atoms with Crippen molar-refractivity contribution in [1.29, 1.82) is 0 Å². The number of aliphatic hydroxyl groups is 1. The van der Waals surface area contributed by atoms with E-state index in [2.05, 4.69) is 5.32 Å². The molecule has 2 N–H and O–H groups in total. The minimum atomic E-state index is -1.16. The summed E-state index contributed by atoms with van der Waals surface area (Å²) in [5.41, 5.74) is -0.820. The fraction of sp³-hybridized carbons (Fsp3) is 0.588. The molecule has 1 aromatic rings. The average Bonchev–Trinajstić information content (AvgIpc) is 2.54. The molecule has 6 heteroatoms. The Morgan fingerprint density at radius 2 is 2.04 bits per heavy atom. The predicted molar refractivity (Wildman–Crippen MR) is 81.8 cm³/mol. The summed E-state index contributed by atoms with van der Waals surface area (Å²) < 4.78 is 31.8. The summed E-state index contributed by atoms with van der Waals surface area (Å²) in [6.07, 6.45) is 2.94. The number of rotatable bonds is 6. The molecule has 0 saturated heterocycles. The second kappa shape index (κ2) is 7.84. The number of hydrogen-bond acceptors (Lipinski definition) is 4. The lowest BCUT2D eigenvalue weighted by molar-refractivity contribution is -0.153. The van der Waals surface area contributed by atoms with Crippen molar-refractivity contribution in [2.75, 3.05) is 13.2 Å². The van der Waals surface area contributed by atoms with E-state index in [4.69, 9.17) is 4.74 Å². The first-order valence-corrected chi connectivity index (χ1v) is 8.04. The molecule has 4 nitrogen and oxygen atoms in total. The standard InChI is InChI=1S/C17H23F2NO3/c1-2-23-16(22)17(8-4-3-5-9-17)20-11-15(21)13-7-6-12(18)10-14(13)19/h6-7,10,15,20-21H,2-5,8-9,11H2,1H3. The second-order valence-corrected chi connectivity index (χ2v) is 5.93. The van der Waals surface area contributed by atoms with Gasteiger partial charge in [-0.1, -0.05) is 25.3 Å². The molecule has 128 valence electrons. The van der Waals surface area contributed by atoms with Crippen LogP contribution in [0.5, 0.6) is 0 Å². The molecule has 0 aromatic heterocycles. The summed E-state index contributed by atoms with van der Waals surface area (Å²) in [6, 6.07) is 3.05. The molecule has 0 aliphatic heterocycles. The van der Waals surface area contributed by atoms with Gasteiger partial charge in [-0.2, -0.15) is 0 Å². The van der Waals surface area contributed by atoms with Crippen molar-refractivity contribution in [2.24, 2.45) is 0 Å². The Kier molecular flexibility index (Phi) is 6.07. The zero-order valence-electron chi connectivity index (χ0n) is 13.3. The average molecular weight is 327 g/mol. The number of carbonyl (C=O) groups is 1. The molecular formula is C17H23F2NO3. The quantitative estimate of drug-likeness (QED) is 0.789. The number of β-amino-alcohol motifs (C(OH)–C–C–N with tert-alkyl or cyclic N) is 1. The van der Waals surface area contributed by atoms with Gasteiger partial charge in [0.1, 0.15) is 17.2 Å². The van der Waals surface area contributed by atoms with Crippen LogP contribution in [-0.4, -0.2) is 29.8 Å². The number of nitrogens with one attached hydrogen (secondary N) is 1. The highest BCUT2D eigenvalue weighted by atomic mass is 19.1. The highest BCUT2D eigenvalue weighted by Gasteiger charge is 2.40. The third-order valence-electron chi connectivity index (χ3n) is 4.33. The van der Waals surface area contributed by atoms with E-state index in [0.29, 0.717) is 12.8 Å². The lowest BCUT2D eigenvalue weighted by atomic mass is 9.81. The van der Waals surface area contributed by atoms with Crippen LogP contribution in [0.3, 0.4) is 0 Å². The molecule has 1 saturated carbocycles. The normalized spacial score (nSPS) is 18.4. The first-order chi connectivity index (χ1) is 11.0. The predicted octanol–water partition coefficient (Wildman–Crippen LogP) is 2.85. The number of ether oxygens (including phenoxy) is 1. The first kappa shape index (κ1) is 17.8. The van der Waals surface area contributed by atoms with Crippen molar-refractivity contribution in [2.45, 2.75) is 50.7 Å². The first-order valence-electron chi connectivity index (χ1n) is 8.04. The van der Waals surface area contributed by atoms with Crippen LogP contribution in [-0.2, 0) is 9.53 Å². The highest BCUT2D eigenvalue weighted by molar-refractivity contribution is 5.81. The summed E-state index contributed by atoms with van der Waals surface area (Å²) in [6.45, 7) is 2.04.